The number of nitrogens with two attached hydrogens (primary N) is 1. The number of aryl methyl sites for hydroxylation is 2. The number of hydrogen-bond acceptors (Lipinski definition) is 3. The summed E-state index contributed by atoms with van der Waals surface area (Å²) in [5.74, 6) is 1.48. The average Bonchev–Trinajstić information content (AvgIpc) is 2.81. The zero-order valence-electron chi connectivity index (χ0n) is 11.3. The molecule has 1 atom stereocenters. The summed E-state index contributed by atoms with van der Waals surface area (Å²) in [4.78, 5) is 4.43. The molecule has 0 saturated heterocycles. The molecule has 4 nitrogen and oxygen atoms in total. The standard InChI is InChI=1S/C14H19FN4/c1-3-13-17-14(4-2)19(18-13)9-12(16)10-6-5-7-11(15)8-10/h5-8,12H,3-4,9,16H2,1-2H3. The van der Waals surface area contributed by atoms with Crippen molar-refractivity contribution in [1.82, 2.24) is 14.8 Å². The van der Waals surface area contributed by atoms with Gasteiger partial charge in [-0.15, -0.1) is 0 Å². The van der Waals surface area contributed by atoms with Gasteiger partial charge in [0.25, 0.3) is 0 Å². The van der Waals surface area contributed by atoms with Gasteiger partial charge in [0, 0.05) is 18.9 Å². The zero-order chi connectivity index (χ0) is 13.8. The van der Waals surface area contributed by atoms with Crippen LogP contribution in [0.2, 0.25) is 0 Å². The normalized spacial score (nSPS) is 12.6. The molecule has 1 aromatic carbocycles. The average molecular weight is 262 g/mol. The van der Waals surface area contributed by atoms with Crippen LogP contribution in [0.5, 0.6) is 0 Å². The van der Waals surface area contributed by atoms with Crippen LogP contribution in [-0.4, -0.2) is 14.8 Å². The van der Waals surface area contributed by atoms with Gasteiger partial charge in [-0.05, 0) is 17.7 Å². The molecule has 0 saturated carbocycles. The molecule has 0 aliphatic rings. The van der Waals surface area contributed by atoms with E-state index in [0.717, 1.165) is 30.1 Å². The highest BCUT2D eigenvalue weighted by atomic mass is 19.1. The Balaban J connectivity index is 2.18. The fourth-order valence-electron chi connectivity index (χ4n) is 2.01. The molecule has 0 amide bonds. The summed E-state index contributed by atoms with van der Waals surface area (Å²) in [5.41, 5.74) is 6.89. The first kappa shape index (κ1) is 13.7. The molecular weight excluding hydrogens is 243 g/mol. The van der Waals surface area contributed by atoms with Crippen LogP contribution in [0.4, 0.5) is 4.39 Å². The SMILES string of the molecule is CCc1nc(CC)n(CC(N)c2cccc(F)c2)n1. The van der Waals surface area contributed by atoms with E-state index in [4.69, 9.17) is 5.73 Å². The zero-order valence-corrected chi connectivity index (χ0v) is 11.3. The lowest BCUT2D eigenvalue weighted by Crippen LogP contribution is -2.20. The first-order chi connectivity index (χ1) is 9.13. The van der Waals surface area contributed by atoms with E-state index in [9.17, 15) is 4.39 Å². The molecule has 1 unspecified atom stereocenters. The van der Waals surface area contributed by atoms with Gasteiger partial charge >= 0.3 is 0 Å². The fraction of sp³-hybridized carbons (Fsp3) is 0.429. The summed E-state index contributed by atoms with van der Waals surface area (Å²) < 4.78 is 15.0. The quantitative estimate of drug-likeness (QED) is 0.899. The van der Waals surface area contributed by atoms with Crippen LogP contribution in [0.15, 0.2) is 24.3 Å². The van der Waals surface area contributed by atoms with E-state index in [1.54, 1.807) is 6.07 Å². The molecule has 0 bridgehead atoms. The highest BCUT2D eigenvalue weighted by Gasteiger charge is 2.12. The lowest BCUT2D eigenvalue weighted by molar-refractivity contribution is 0.503. The second kappa shape index (κ2) is 5.93. The largest absolute Gasteiger partial charge is 0.322 e. The Bertz CT molecular complexity index is 550. The van der Waals surface area contributed by atoms with Gasteiger partial charge in [-0.25, -0.2) is 14.1 Å². The Morgan fingerprint density at radius 2 is 2.11 bits per heavy atom. The van der Waals surface area contributed by atoms with Gasteiger partial charge in [0.05, 0.1) is 6.54 Å². The van der Waals surface area contributed by atoms with E-state index in [0.29, 0.717) is 6.54 Å². The monoisotopic (exact) mass is 262 g/mol. The first-order valence-electron chi connectivity index (χ1n) is 6.57. The minimum absolute atomic E-state index is 0.267. The Morgan fingerprint density at radius 1 is 1.32 bits per heavy atom. The summed E-state index contributed by atoms with van der Waals surface area (Å²) in [6.07, 6.45) is 1.61. The lowest BCUT2D eigenvalue weighted by Gasteiger charge is -2.13. The van der Waals surface area contributed by atoms with Crippen molar-refractivity contribution >= 4 is 0 Å². The molecule has 0 aliphatic heterocycles. The molecular formula is C14H19FN4. The van der Waals surface area contributed by atoms with Gasteiger partial charge in [-0.2, -0.15) is 5.10 Å². The van der Waals surface area contributed by atoms with E-state index in [1.165, 1.54) is 12.1 Å². The highest BCUT2D eigenvalue weighted by Crippen LogP contribution is 2.14. The van der Waals surface area contributed by atoms with E-state index in [-0.39, 0.29) is 11.9 Å². The molecule has 1 aromatic heterocycles. The number of aromatic nitrogens is 3. The number of nitrogens with zero attached hydrogens (tertiary/aromatic N) is 3. The lowest BCUT2D eigenvalue weighted by atomic mass is 10.1. The fourth-order valence-corrected chi connectivity index (χ4v) is 2.01. The number of benzene rings is 1. The van der Waals surface area contributed by atoms with Crippen molar-refractivity contribution in [2.75, 3.05) is 0 Å². The first-order valence-corrected chi connectivity index (χ1v) is 6.57. The van der Waals surface area contributed by atoms with Crippen molar-refractivity contribution in [1.29, 1.82) is 0 Å². The van der Waals surface area contributed by atoms with E-state index in [2.05, 4.69) is 10.1 Å². The summed E-state index contributed by atoms with van der Waals surface area (Å²) in [6.45, 7) is 4.57. The van der Waals surface area contributed by atoms with E-state index in [1.807, 2.05) is 24.6 Å². The van der Waals surface area contributed by atoms with E-state index >= 15 is 0 Å². The van der Waals surface area contributed by atoms with Crippen molar-refractivity contribution in [2.45, 2.75) is 39.3 Å². The molecule has 102 valence electrons. The molecule has 5 heteroatoms. The third-order valence-corrected chi connectivity index (χ3v) is 3.07. The molecule has 0 spiro atoms. The van der Waals surface area contributed by atoms with Crippen LogP contribution in [0.25, 0.3) is 0 Å². The predicted octanol–water partition coefficient (Wildman–Crippen LogP) is 2.24. The molecule has 0 fully saturated rings. The third-order valence-electron chi connectivity index (χ3n) is 3.07. The van der Waals surface area contributed by atoms with Crippen molar-refractivity contribution in [2.24, 2.45) is 5.73 Å². The second-order valence-electron chi connectivity index (χ2n) is 4.49. The number of rotatable bonds is 5. The highest BCUT2D eigenvalue weighted by molar-refractivity contribution is 5.19. The summed E-state index contributed by atoms with van der Waals surface area (Å²) >= 11 is 0. The number of halogens is 1. The minimum Gasteiger partial charge on any atom is -0.322 e. The smallest absolute Gasteiger partial charge is 0.150 e. The van der Waals surface area contributed by atoms with Crippen molar-refractivity contribution in [3.63, 3.8) is 0 Å². The van der Waals surface area contributed by atoms with Gasteiger partial charge in [-0.1, -0.05) is 26.0 Å². The molecule has 0 radical (unpaired) electrons. The van der Waals surface area contributed by atoms with Crippen LogP contribution >= 0.6 is 0 Å². The summed E-state index contributed by atoms with van der Waals surface area (Å²) in [7, 11) is 0. The third kappa shape index (κ3) is 3.17. The molecule has 0 aliphatic carbocycles. The Kier molecular flexibility index (Phi) is 4.27. The predicted molar refractivity (Wildman–Crippen MR) is 72.1 cm³/mol. The van der Waals surface area contributed by atoms with Gasteiger partial charge in [0.2, 0.25) is 0 Å². The second-order valence-corrected chi connectivity index (χ2v) is 4.49. The topological polar surface area (TPSA) is 56.7 Å². The molecule has 2 aromatic rings. The maximum absolute atomic E-state index is 13.2. The Labute approximate surface area is 112 Å². The maximum Gasteiger partial charge on any atom is 0.150 e. The molecule has 19 heavy (non-hydrogen) atoms. The van der Waals surface area contributed by atoms with Gasteiger partial charge in [0.15, 0.2) is 5.82 Å². The van der Waals surface area contributed by atoms with Gasteiger partial charge < -0.3 is 5.73 Å². The summed E-state index contributed by atoms with van der Waals surface area (Å²) in [5, 5.41) is 4.42. The molecule has 1 heterocycles. The Hall–Kier alpha value is -1.75. The minimum atomic E-state index is -0.285. The van der Waals surface area contributed by atoms with Crippen molar-refractivity contribution in [3.05, 3.63) is 47.3 Å². The van der Waals surface area contributed by atoms with Crippen LogP contribution in [0, 0.1) is 5.82 Å². The van der Waals surface area contributed by atoms with Gasteiger partial charge in [-0.3, -0.25) is 0 Å². The van der Waals surface area contributed by atoms with Crippen LogP contribution < -0.4 is 5.73 Å². The molecule has 2 N–H and O–H groups in total. The van der Waals surface area contributed by atoms with Crippen molar-refractivity contribution in [3.8, 4) is 0 Å². The van der Waals surface area contributed by atoms with E-state index < -0.39 is 0 Å². The van der Waals surface area contributed by atoms with Crippen LogP contribution in [-0.2, 0) is 19.4 Å². The Morgan fingerprint density at radius 3 is 2.74 bits per heavy atom. The maximum atomic E-state index is 13.2. The number of hydrogen-bond donors (Lipinski definition) is 1. The van der Waals surface area contributed by atoms with Gasteiger partial charge in [0.1, 0.15) is 11.6 Å². The van der Waals surface area contributed by atoms with Crippen LogP contribution in [0.3, 0.4) is 0 Å². The molecule has 2 rings (SSSR count). The summed E-state index contributed by atoms with van der Waals surface area (Å²) in [6, 6.07) is 6.10. The van der Waals surface area contributed by atoms with Crippen molar-refractivity contribution < 1.29 is 4.39 Å². The van der Waals surface area contributed by atoms with Crippen LogP contribution in [0.1, 0.15) is 37.1 Å².